The lowest BCUT2D eigenvalue weighted by Gasteiger charge is -2.37. The van der Waals surface area contributed by atoms with Crippen LogP contribution >= 0.6 is 0 Å². The number of rotatable bonds is 0. The van der Waals surface area contributed by atoms with Gasteiger partial charge in [-0.05, 0) is 32.4 Å². The van der Waals surface area contributed by atoms with Gasteiger partial charge in [0.05, 0.1) is 6.17 Å². The van der Waals surface area contributed by atoms with Crippen molar-refractivity contribution >= 4 is 0 Å². The van der Waals surface area contributed by atoms with Crippen LogP contribution in [0.5, 0.6) is 0 Å². The maximum absolute atomic E-state index is 2.63. The molecule has 0 bridgehead atoms. The maximum Gasteiger partial charge on any atom is 0.0647 e. The smallest absolute Gasteiger partial charge is 0.0647 e. The van der Waals surface area contributed by atoms with Crippen LogP contribution in [-0.2, 0) is 0 Å². The van der Waals surface area contributed by atoms with Gasteiger partial charge in [0, 0.05) is 13.1 Å². The van der Waals surface area contributed by atoms with Crippen LogP contribution in [0.2, 0.25) is 0 Å². The zero-order chi connectivity index (χ0) is 7.84. The van der Waals surface area contributed by atoms with Gasteiger partial charge in [-0.1, -0.05) is 6.92 Å². The van der Waals surface area contributed by atoms with E-state index < -0.39 is 0 Å². The SMILES string of the molecule is CC1CCCN2CCN(C)C12. The zero-order valence-corrected chi connectivity index (χ0v) is 7.58. The summed E-state index contributed by atoms with van der Waals surface area (Å²) in [6, 6.07) is 0. The average molecular weight is 154 g/mol. The number of fused-ring (bicyclic) bond motifs is 1. The number of hydrogen-bond acceptors (Lipinski definition) is 2. The summed E-state index contributed by atoms with van der Waals surface area (Å²) < 4.78 is 0. The summed E-state index contributed by atoms with van der Waals surface area (Å²) in [6.45, 7) is 6.29. The molecule has 2 aliphatic heterocycles. The van der Waals surface area contributed by atoms with Gasteiger partial charge < -0.3 is 0 Å². The van der Waals surface area contributed by atoms with E-state index in [-0.39, 0.29) is 0 Å². The van der Waals surface area contributed by atoms with Crippen LogP contribution in [0.1, 0.15) is 19.8 Å². The van der Waals surface area contributed by atoms with E-state index in [9.17, 15) is 0 Å². The number of nitrogens with zero attached hydrogens (tertiary/aromatic N) is 2. The molecule has 2 heteroatoms. The minimum absolute atomic E-state index is 0.767. The first-order valence-corrected chi connectivity index (χ1v) is 4.73. The number of piperidine rings is 1. The van der Waals surface area contributed by atoms with E-state index >= 15 is 0 Å². The molecule has 0 radical (unpaired) electrons. The lowest BCUT2D eigenvalue weighted by molar-refractivity contribution is 0.0661. The second-order valence-electron chi connectivity index (χ2n) is 4.05. The van der Waals surface area contributed by atoms with Crippen molar-refractivity contribution < 1.29 is 0 Å². The first-order valence-electron chi connectivity index (χ1n) is 4.73. The standard InChI is InChI=1S/C9H18N2/c1-8-4-3-5-11-7-6-10(2)9(8)11/h8-9H,3-7H2,1-2H3. The first-order chi connectivity index (χ1) is 5.29. The molecule has 0 aromatic rings. The fourth-order valence-electron chi connectivity index (χ4n) is 2.63. The van der Waals surface area contributed by atoms with Crippen LogP contribution in [0, 0.1) is 5.92 Å². The van der Waals surface area contributed by atoms with Gasteiger partial charge in [-0.3, -0.25) is 9.80 Å². The highest BCUT2D eigenvalue weighted by atomic mass is 15.4. The van der Waals surface area contributed by atoms with Gasteiger partial charge in [0.2, 0.25) is 0 Å². The van der Waals surface area contributed by atoms with E-state index in [4.69, 9.17) is 0 Å². The summed E-state index contributed by atoms with van der Waals surface area (Å²) in [4.78, 5) is 5.14. The largest absolute Gasteiger partial charge is 0.289 e. The molecule has 11 heavy (non-hydrogen) atoms. The third-order valence-electron chi connectivity index (χ3n) is 3.18. The Bertz CT molecular complexity index is 144. The quantitative estimate of drug-likeness (QED) is 0.513. The fraction of sp³-hybridized carbons (Fsp3) is 1.00. The second-order valence-corrected chi connectivity index (χ2v) is 4.05. The van der Waals surface area contributed by atoms with Gasteiger partial charge >= 0.3 is 0 Å². The van der Waals surface area contributed by atoms with Crippen LogP contribution in [-0.4, -0.2) is 42.6 Å². The van der Waals surface area contributed by atoms with Crippen LogP contribution in [0.3, 0.4) is 0 Å². The Hall–Kier alpha value is -0.0800. The Kier molecular flexibility index (Phi) is 1.90. The summed E-state index contributed by atoms with van der Waals surface area (Å²) in [6.07, 6.45) is 3.60. The van der Waals surface area contributed by atoms with Gasteiger partial charge in [0.1, 0.15) is 0 Å². The molecule has 2 aliphatic rings. The molecule has 2 atom stereocenters. The average Bonchev–Trinajstić information content (AvgIpc) is 2.34. The van der Waals surface area contributed by atoms with E-state index in [1.54, 1.807) is 0 Å². The number of likely N-dealkylation sites (N-methyl/N-ethyl adjacent to an activating group) is 1. The third-order valence-corrected chi connectivity index (χ3v) is 3.18. The lowest BCUT2D eigenvalue weighted by Crippen LogP contribution is -2.45. The Balaban J connectivity index is 2.08. The lowest BCUT2D eigenvalue weighted by atomic mass is 9.97. The van der Waals surface area contributed by atoms with E-state index in [0.717, 1.165) is 12.1 Å². The number of hydrogen-bond donors (Lipinski definition) is 0. The van der Waals surface area contributed by atoms with Gasteiger partial charge in [0.25, 0.3) is 0 Å². The van der Waals surface area contributed by atoms with E-state index in [1.165, 1.54) is 32.5 Å². The summed E-state index contributed by atoms with van der Waals surface area (Å²) in [5.41, 5.74) is 0. The molecule has 0 saturated carbocycles. The molecule has 0 aromatic heterocycles. The molecule has 0 N–H and O–H groups in total. The van der Waals surface area contributed by atoms with Gasteiger partial charge in [-0.2, -0.15) is 0 Å². The molecule has 2 saturated heterocycles. The Morgan fingerprint density at radius 3 is 2.73 bits per heavy atom. The van der Waals surface area contributed by atoms with Crippen molar-refractivity contribution in [3.05, 3.63) is 0 Å². The Labute approximate surface area is 69.2 Å². The van der Waals surface area contributed by atoms with Crippen molar-refractivity contribution in [3.8, 4) is 0 Å². The molecule has 0 aromatic carbocycles. The second kappa shape index (κ2) is 2.76. The third kappa shape index (κ3) is 1.18. The Morgan fingerprint density at radius 2 is 2.00 bits per heavy atom. The van der Waals surface area contributed by atoms with Crippen LogP contribution in [0.4, 0.5) is 0 Å². The van der Waals surface area contributed by atoms with Crippen molar-refractivity contribution in [2.24, 2.45) is 5.92 Å². The Morgan fingerprint density at radius 1 is 1.18 bits per heavy atom. The fourth-order valence-corrected chi connectivity index (χ4v) is 2.63. The molecule has 2 unspecified atom stereocenters. The topological polar surface area (TPSA) is 6.48 Å². The summed E-state index contributed by atoms with van der Waals surface area (Å²) in [7, 11) is 2.26. The van der Waals surface area contributed by atoms with Gasteiger partial charge in [0.15, 0.2) is 0 Å². The minimum Gasteiger partial charge on any atom is -0.289 e. The van der Waals surface area contributed by atoms with Gasteiger partial charge in [-0.25, -0.2) is 0 Å². The van der Waals surface area contributed by atoms with Crippen molar-refractivity contribution in [1.82, 2.24) is 9.80 Å². The van der Waals surface area contributed by atoms with E-state index in [1.807, 2.05) is 0 Å². The normalized spacial score (nSPS) is 40.9. The van der Waals surface area contributed by atoms with E-state index in [2.05, 4.69) is 23.8 Å². The first kappa shape index (κ1) is 7.56. The predicted molar refractivity (Wildman–Crippen MR) is 46.4 cm³/mol. The van der Waals surface area contributed by atoms with E-state index in [0.29, 0.717) is 0 Å². The van der Waals surface area contributed by atoms with Crippen LogP contribution < -0.4 is 0 Å². The molecule has 2 fully saturated rings. The summed E-state index contributed by atoms with van der Waals surface area (Å²) in [5, 5.41) is 0. The van der Waals surface area contributed by atoms with Crippen molar-refractivity contribution in [2.45, 2.75) is 25.9 Å². The van der Waals surface area contributed by atoms with Crippen LogP contribution in [0.15, 0.2) is 0 Å². The minimum atomic E-state index is 0.767. The highest BCUT2D eigenvalue weighted by molar-refractivity contribution is 4.86. The molecule has 64 valence electrons. The van der Waals surface area contributed by atoms with Gasteiger partial charge in [-0.15, -0.1) is 0 Å². The molecule has 2 rings (SSSR count). The van der Waals surface area contributed by atoms with Crippen LogP contribution in [0.25, 0.3) is 0 Å². The van der Waals surface area contributed by atoms with Crippen molar-refractivity contribution in [2.75, 3.05) is 26.7 Å². The monoisotopic (exact) mass is 154 g/mol. The molecule has 2 nitrogen and oxygen atoms in total. The predicted octanol–water partition coefficient (Wildman–Crippen LogP) is 0.990. The molecular weight excluding hydrogens is 136 g/mol. The molecule has 2 heterocycles. The molecule has 0 amide bonds. The maximum atomic E-state index is 2.63. The van der Waals surface area contributed by atoms with Crippen molar-refractivity contribution in [3.63, 3.8) is 0 Å². The molecule has 0 aliphatic carbocycles. The summed E-state index contributed by atoms with van der Waals surface area (Å²) in [5.74, 6) is 0.885. The molecular formula is C9H18N2. The molecule has 0 spiro atoms. The zero-order valence-electron chi connectivity index (χ0n) is 7.58. The highest BCUT2D eigenvalue weighted by Gasteiger charge is 2.35. The van der Waals surface area contributed by atoms with Crippen molar-refractivity contribution in [1.29, 1.82) is 0 Å². The summed E-state index contributed by atoms with van der Waals surface area (Å²) >= 11 is 0. The highest BCUT2D eigenvalue weighted by Crippen LogP contribution is 2.28.